The molecule has 0 atom stereocenters. The van der Waals surface area contributed by atoms with Crippen LogP contribution in [0.15, 0.2) is 42.7 Å². The minimum atomic E-state index is 0.588. The zero-order valence-corrected chi connectivity index (χ0v) is 10.3. The quantitative estimate of drug-likeness (QED) is 0.778. The summed E-state index contributed by atoms with van der Waals surface area (Å²) >= 11 is 0. The second-order valence-electron chi connectivity index (χ2n) is 4.83. The van der Waals surface area contributed by atoms with Gasteiger partial charge in [0.15, 0.2) is 5.82 Å². The largest absolute Gasteiger partial charge is 0.262 e. The van der Waals surface area contributed by atoms with Crippen molar-refractivity contribution < 1.29 is 0 Å². The van der Waals surface area contributed by atoms with Crippen LogP contribution in [0.3, 0.4) is 0 Å². The normalized spacial score (nSPS) is 14.7. The van der Waals surface area contributed by atoms with Crippen LogP contribution < -0.4 is 0 Å². The van der Waals surface area contributed by atoms with Crippen LogP contribution >= 0.6 is 0 Å². The molecule has 0 amide bonds. The molecular weight excluding hydrogens is 238 g/mol. The van der Waals surface area contributed by atoms with Crippen LogP contribution in [0.2, 0.25) is 0 Å². The average Bonchev–Trinajstić information content (AvgIpc) is 3.01. The van der Waals surface area contributed by atoms with Gasteiger partial charge in [-0.25, -0.2) is 9.67 Å². The van der Waals surface area contributed by atoms with Gasteiger partial charge in [-0.1, -0.05) is 18.2 Å². The van der Waals surface area contributed by atoms with Crippen molar-refractivity contribution in [2.75, 3.05) is 0 Å². The summed E-state index contributed by atoms with van der Waals surface area (Å²) in [5, 5.41) is 11.6. The van der Waals surface area contributed by atoms with Crippen molar-refractivity contribution in [2.45, 2.75) is 18.8 Å². The standard InChI is InChI=1S/C14H13N5/c1-2-4-12(5-3-1)19-9-11(8-15-19)14-16-13(17-18-14)10-6-7-10/h1-5,8-10H,6-7H2,(H,16,17,18). The smallest absolute Gasteiger partial charge is 0.184 e. The SMILES string of the molecule is c1ccc(-n2cc(-c3n[nH]c(C4CC4)n3)cn2)cc1. The fraction of sp³-hybridized carbons (Fsp3) is 0.214. The minimum Gasteiger partial charge on any atom is -0.262 e. The highest BCUT2D eigenvalue weighted by Crippen LogP contribution is 2.38. The molecule has 1 N–H and O–H groups in total. The Morgan fingerprint density at radius 2 is 2.00 bits per heavy atom. The lowest BCUT2D eigenvalue weighted by Crippen LogP contribution is -1.92. The Balaban J connectivity index is 1.66. The van der Waals surface area contributed by atoms with Gasteiger partial charge in [0.25, 0.3) is 0 Å². The molecule has 0 spiro atoms. The fourth-order valence-electron chi connectivity index (χ4n) is 2.10. The molecular formula is C14H13N5. The van der Waals surface area contributed by atoms with Gasteiger partial charge in [0, 0.05) is 12.1 Å². The maximum absolute atomic E-state index is 4.53. The number of H-pyrrole nitrogens is 1. The van der Waals surface area contributed by atoms with Gasteiger partial charge in [-0.3, -0.25) is 5.10 Å². The Kier molecular flexibility index (Phi) is 2.24. The zero-order valence-electron chi connectivity index (χ0n) is 10.3. The van der Waals surface area contributed by atoms with Gasteiger partial charge >= 0.3 is 0 Å². The van der Waals surface area contributed by atoms with E-state index in [0.29, 0.717) is 5.92 Å². The summed E-state index contributed by atoms with van der Waals surface area (Å²) in [6.07, 6.45) is 6.19. The molecule has 2 aromatic heterocycles. The Hall–Kier alpha value is -2.43. The molecule has 0 aliphatic heterocycles. The first kappa shape index (κ1) is 10.5. The molecule has 1 aliphatic rings. The van der Waals surface area contributed by atoms with Crippen LogP contribution in [0.1, 0.15) is 24.6 Å². The first-order chi connectivity index (χ1) is 9.40. The Morgan fingerprint density at radius 1 is 1.16 bits per heavy atom. The summed E-state index contributed by atoms with van der Waals surface area (Å²) in [5.74, 6) is 2.32. The van der Waals surface area contributed by atoms with Gasteiger partial charge in [0.1, 0.15) is 5.82 Å². The van der Waals surface area contributed by atoms with Gasteiger partial charge in [0.2, 0.25) is 0 Å². The van der Waals surface area contributed by atoms with E-state index < -0.39 is 0 Å². The van der Waals surface area contributed by atoms with E-state index in [-0.39, 0.29) is 0 Å². The number of rotatable bonds is 3. The van der Waals surface area contributed by atoms with Crippen LogP contribution in [-0.4, -0.2) is 25.0 Å². The third-order valence-electron chi connectivity index (χ3n) is 3.33. The second-order valence-corrected chi connectivity index (χ2v) is 4.83. The number of nitrogens with zero attached hydrogens (tertiary/aromatic N) is 4. The van der Waals surface area contributed by atoms with Crippen molar-refractivity contribution in [1.82, 2.24) is 25.0 Å². The highest BCUT2D eigenvalue weighted by Gasteiger charge is 2.27. The number of aromatic amines is 1. The summed E-state index contributed by atoms with van der Waals surface area (Å²) in [5.41, 5.74) is 1.97. The van der Waals surface area contributed by atoms with Crippen LogP contribution in [0.25, 0.3) is 17.1 Å². The monoisotopic (exact) mass is 251 g/mol. The van der Waals surface area contributed by atoms with E-state index in [9.17, 15) is 0 Å². The lowest BCUT2D eigenvalue weighted by molar-refractivity contribution is 0.880. The predicted octanol–water partition coefficient (Wildman–Crippen LogP) is 2.53. The molecule has 5 nitrogen and oxygen atoms in total. The third kappa shape index (κ3) is 1.93. The van der Waals surface area contributed by atoms with Crippen LogP contribution in [0.4, 0.5) is 0 Å². The lowest BCUT2D eigenvalue weighted by Gasteiger charge is -1.98. The Morgan fingerprint density at radius 3 is 2.79 bits per heavy atom. The van der Waals surface area contributed by atoms with Gasteiger partial charge in [-0.15, -0.1) is 0 Å². The Bertz CT molecular complexity index is 693. The van der Waals surface area contributed by atoms with Crippen LogP contribution in [-0.2, 0) is 0 Å². The number of nitrogens with one attached hydrogen (secondary N) is 1. The number of hydrogen-bond donors (Lipinski definition) is 1. The molecule has 3 aromatic rings. The first-order valence-corrected chi connectivity index (χ1v) is 6.43. The average molecular weight is 251 g/mol. The van der Waals surface area contributed by atoms with E-state index in [1.807, 2.05) is 41.2 Å². The predicted molar refractivity (Wildman–Crippen MR) is 70.9 cm³/mol. The molecule has 1 saturated carbocycles. The van der Waals surface area contributed by atoms with E-state index in [1.165, 1.54) is 12.8 Å². The number of para-hydroxylation sites is 1. The number of aromatic nitrogens is 5. The van der Waals surface area contributed by atoms with Crippen molar-refractivity contribution >= 4 is 0 Å². The van der Waals surface area contributed by atoms with Crippen LogP contribution in [0.5, 0.6) is 0 Å². The summed E-state index contributed by atoms with van der Waals surface area (Å²) in [7, 11) is 0. The molecule has 0 radical (unpaired) electrons. The minimum absolute atomic E-state index is 0.588. The van der Waals surface area contributed by atoms with Gasteiger partial charge in [0.05, 0.1) is 17.4 Å². The molecule has 94 valence electrons. The van der Waals surface area contributed by atoms with Crippen molar-refractivity contribution in [1.29, 1.82) is 0 Å². The summed E-state index contributed by atoms with van der Waals surface area (Å²) in [6, 6.07) is 10.0. The maximum Gasteiger partial charge on any atom is 0.184 e. The maximum atomic E-state index is 4.53. The topological polar surface area (TPSA) is 59.4 Å². The molecule has 0 unspecified atom stereocenters. The van der Waals surface area contributed by atoms with Crippen molar-refractivity contribution in [3.63, 3.8) is 0 Å². The van der Waals surface area contributed by atoms with Crippen LogP contribution in [0, 0.1) is 0 Å². The van der Waals surface area contributed by atoms with E-state index in [1.54, 1.807) is 6.20 Å². The summed E-state index contributed by atoms with van der Waals surface area (Å²) in [4.78, 5) is 4.53. The lowest BCUT2D eigenvalue weighted by atomic mass is 10.3. The number of hydrogen-bond acceptors (Lipinski definition) is 3. The Labute approximate surface area is 110 Å². The molecule has 4 rings (SSSR count). The molecule has 5 heteroatoms. The molecule has 2 heterocycles. The zero-order chi connectivity index (χ0) is 12.7. The molecule has 1 aliphatic carbocycles. The molecule has 19 heavy (non-hydrogen) atoms. The van der Waals surface area contributed by atoms with E-state index in [4.69, 9.17) is 0 Å². The summed E-state index contributed by atoms with van der Waals surface area (Å²) < 4.78 is 1.84. The van der Waals surface area contributed by atoms with Gasteiger partial charge in [-0.05, 0) is 25.0 Å². The second kappa shape index (κ2) is 4.05. The van der Waals surface area contributed by atoms with E-state index in [0.717, 1.165) is 22.9 Å². The van der Waals surface area contributed by atoms with E-state index in [2.05, 4.69) is 20.3 Å². The van der Waals surface area contributed by atoms with E-state index >= 15 is 0 Å². The van der Waals surface area contributed by atoms with Crippen molar-refractivity contribution in [3.05, 3.63) is 48.5 Å². The van der Waals surface area contributed by atoms with Gasteiger partial charge < -0.3 is 0 Å². The highest BCUT2D eigenvalue weighted by atomic mass is 15.3. The number of benzene rings is 1. The third-order valence-corrected chi connectivity index (χ3v) is 3.33. The van der Waals surface area contributed by atoms with Crippen molar-refractivity contribution in [3.8, 4) is 17.1 Å². The fourth-order valence-corrected chi connectivity index (χ4v) is 2.10. The summed E-state index contributed by atoms with van der Waals surface area (Å²) in [6.45, 7) is 0. The molecule has 0 saturated heterocycles. The van der Waals surface area contributed by atoms with Gasteiger partial charge in [-0.2, -0.15) is 10.2 Å². The van der Waals surface area contributed by atoms with Crippen molar-refractivity contribution in [2.24, 2.45) is 0 Å². The molecule has 1 aromatic carbocycles. The molecule has 1 fully saturated rings. The molecule has 0 bridgehead atoms. The first-order valence-electron chi connectivity index (χ1n) is 6.43. The highest BCUT2D eigenvalue weighted by molar-refractivity contribution is 5.53.